The van der Waals surface area contributed by atoms with Gasteiger partial charge in [-0.05, 0) is 55.8 Å². The molecule has 2 aliphatic carbocycles. The van der Waals surface area contributed by atoms with E-state index in [0.717, 1.165) is 17.6 Å². The molecule has 0 spiro atoms. The van der Waals surface area contributed by atoms with Crippen LogP contribution in [0.2, 0.25) is 5.02 Å². The number of nitrogens with zero attached hydrogens (tertiary/aromatic N) is 1. The van der Waals surface area contributed by atoms with Gasteiger partial charge in [0.05, 0.1) is 0 Å². The van der Waals surface area contributed by atoms with Crippen LogP contribution < -0.4 is 5.32 Å². The fourth-order valence-electron chi connectivity index (χ4n) is 3.69. The molecule has 2 aliphatic rings. The van der Waals surface area contributed by atoms with Gasteiger partial charge >= 0.3 is 0 Å². The van der Waals surface area contributed by atoms with Crippen LogP contribution in [-0.4, -0.2) is 31.1 Å². The number of nitrogens with one attached hydrogen (secondary N) is 1. The number of rotatable bonds is 7. The van der Waals surface area contributed by atoms with Gasteiger partial charge in [-0.1, -0.05) is 36.6 Å². The van der Waals surface area contributed by atoms with Gasteiger partial charge < -0.3 is 10.2 Å². The molecular formula is C18H27ClN2. The average Bonchev–Trinajstić information content (AvgIpc) is 3.19. The van der Waals surface area contributed by atoms with Crippen molar-refractivity contribution in [1.82, 2.24) is 10.2 Å². The van der Waals surface area contributed by atoms with Crippen molar-refractivity contribution >= 4 is 11.6 Å². The molecule has 1 aromatic rings. The third-order valence-corrected chi connectivity index (χ3v) is 5.23. The monoisotopic (exact) mass is 306 g/mol. The van der Waals surface area contributed by atoms with E-state index in [-0.39, 0.29) is 0 Å². The first-order valence-corrected chi connectivity index (χ1v) is 8.69. The Bertz CT molecular complexity index is 447. The SMILES string of the molecule is CN(Cc1ccc(Cl)cc1)CC1(CNC2CC2)CCCC1. The summed E-state index contributed by atoms with van der Waals surface area (Å²) in [6, 6.07) is 9.09. The highest BCUT2D eigenvalue weighted by Gasteiger charge is 2.36. The lowest BCUT2D eigenvalue weighted by Crippen LogP contribution is -2.41. The molecule has 116 valence electrons. The average molecular weight is 307 g/mol. The fourth-order valence-corrected chi connectivity index (χ4v) is 3.82. The molecule has 2 fully saturated rings. The summed E-state index contributed by atoms with van der Waals surface area (Å²) in [5.41, 5.74) is 1.86. The molecule has 1 aromatic carbocycles. The van der Waals surface area contributed by atoms with Crippen LogP contribution in [0.1, 0.15) is 44.1 Å². The Kier molecular flexibility index (Phi) is 4.88. The summed E-state index contributed by atoms with van der Waals surface area (Å²) in [4.78, 5) is 2.49. The normalized spacial score (nSPS) is 21.1. The standard InChI is InChI=1S/C18H27ClN2/c1-21(12-15-4-6-16(19)7-5-15)14-18(10-2-3-11-18)13-20-17-8-9-17/h4-7,17,20H,2-3,8-14H2,1H3. The van der Waals surface area contributed by atoms with Crippen LogP contribution in [0.5, 0.6) is 0 Å². The van der Waals surface area contributed by atoms with Gasteiger partial charge in [-0.2, -0.15) is 0 Å². The van der Waals surface area contributed by atoms with Crippen molar-refractivity contribution in [3.63, 3.8) is 0 Å². The van der Waals surface area contributed by atoms with Crippen molar-refractivity contribution in [2.45, 2.75) is 51.1 Å². The van der Waals surface area contributed by atoms with Gasteiger partial charge in [0.15, 0.2) is 0 Å². The molecule has 0 aromatic heterocycles. The predicted octanol–water partition coefficient (Wildman–Crippen LogP) is 4.08. The van der Waals surface area contributed by atoms with Crippen LogP contribution in [0.4, 0.5) is 0 Å². The lowest BCUT2D eigenvalue weighted by atomic mass is 9.85. The van der Waals surface area contributed by atoms with Gasteiger partial charge in [-0.3, -0.25) is 0 Å². The van der Waals surface area contributed by atoms with Gasteiger partial charge in [-0.15, -0.1) is 0 Å². The first-order valence-electron chi connectivity index (χ1n) is 8.32. The lowest BCUT2D eigenvalue weighted by Gasteiger charge is -2.34. The van der Waals surface area contributed by atoms with Gasteiger partial charge in [0.1, 0.15) is 0 Å². The highest BCUT2D eigenvalue weighted by atomic mass is 35.5. The topological polar surface area (TPSA) is 15.3 Å². The summed E-state index contributed by atoms with van der Waals surface area (Å²) >= 11 is 5.96. The maximum atomic E-state index is 5.96. The van der Waals surface area contributed by atoms with Crippen molar-refractivity contribution < 1.29 is 0 Å². The summed E-state index contributed by atoms with van der Waals surface area (Å²) in [7, 11) is 2.26. The Morgan fingerprint density at radius 1 is 1.19 bits per heavy atom. The Morgan fingerprint density at radius 2 is 1.86 bits per heavy atom. The quantitative estimate of drug-likeness (QED) is 0.816. The molecule has 0 bridgehead atoms. The number of halogens is 1. The van der Waals surface area contributed by atoms with Gasteiger partial charge in [-0.25, -0.2) is 0 Å². The summed E-state index contributed by atoms with van der Waals surface area (Å²) in [6.07, 6.45) is 8.35. The lowest BCUT2D eigenvalue weighted by molar-refractivity contribution is 0.167. The Labute approximate surface area is 133 Å². The molecular weight excluding hydrogens is 280 g/mol. The van der Waals surface area contributed by atoms with Crippen LogP contribution in [0.3, 0.4) is 0 Å². The minimum Gasteiger partial charge on any atom is -0.313 e. The fraction of sp³-hybridized carbons (Fsp3) is 0.667. The number of hydrogen-bond donors (Lipinski definition) is 1. The van der Waals surface area contributed by atoms with Crippen LogP contribution in [-0.2, 0) is 6.54 Å². The second-order valence-corrected chi connectivity index (χ2v) is 7.60. The minimum atomic E-state index is 0.504. The molecule has 2 nitrogen and oxygen atoms in total. The first kappa shape index (κ1) is 15.3. The van der Waals surface area contributed by atoms with E-state index in [0.29, 0.717) is 5.41 Å². The van der Waals surface area contributed by atoms with Gasteiger partial charge in [0.2, 0.25) is 0 Å². The Hall–Kier alpha value is -0.570. The Balaban J connectivity index is 1.55. The molecule has 3 heteroatoms. The third kappa shape index (κ3) is 4.45. The van der Waals surface area contributed by atoms with E-state index >= 15 is 0 Å². The molecule has 1 N–H and O–H groups in total. The number of benzene rings is 1. The summed E-state index contributed by atoms with van der Waals surface area (Å²) < 4.78 is 0. The molecule has 0 saturated heterocycles. The zero-order chi connectivity index (χ0) is 14.7. The van der Waals surface area contributed by atoms with Crippen molar-refractivity contribution in [2.24, 2.45) is 5.41 Å². The Morgan fingerprint density at radius 3 is 2.48 bits per heavy atom. The zero-order valence-electron chi connectivity index (χ0n) is 13.1. The van der Waals surface area contributed by atoms with Crippen molar-refractivity contribution in [2.75, 3.05) is 20.1 Å². The third-order valence-electron chi connectivity index (χ3n) is 4.98. The first-order chi connectivity index (χ1) is 10.2. The summed E-state index contributed by atoms with van der Waals surface area (Å²) in [5, 5.41) is 4.59. The van der Waals surface area contributed by atoms with Gasteiger partial charge in [0, 0.05) is 30.7 Å². The molecule has 3 rings (SSSR count). The van der Waals surface area contributed by atoms with E-state index in [2.05, 4.69) is 29.4 Å². The largest absolute Gasteiger partial charge is 0.313 e. The van der Waals surface area contributed by atoms with E-state index in [9.17, 15) is 0 Å². The van der Waals surface area contributed by atoms with E-state index in [1.54, 1.807) is 0 Å². The minimum absolute atomic E-state index is 0.504. The molecule has 0 radical (unpaired) electrons. The molecule has 0 unspecified atom stereocenters. The zero-order valence-corrected chi connectivity index (χ0v) is 13.8. The smallest absolute Gasteiger partial charge is 0.0406 e. The maximum absolute atomic E-state index is 5.96. The molecule has 0 heterocycles. The van der Waals surface area contributed by atoms with E-state index in [4.69, 9.17) is 11.6 Å². The molecule has 0 atom stereocenters. The second kappa shape index (κ2) is 6.68. The van der Waals surface area contributed by atoms with Crippen LogP contribution in [0.25, 0.3) is 0 Å². The van der Waals surface area contributed by atoms with Crippen LogP contribution in [0.15, 0.2) is 24.3 Å². The van der Waals surface area contributed by atoms with Crippen molar-refractivity contribution in [1.29, 1.82) is 0 Å². The van der Waals surface area contributed by atoms with Crippen LogP contribution >= 0.6 is 11.6 Å². The highest BCUT2D eigenvalue weighted by molar-refractivity contribution is 6.30. The van der Waals surface area contributed by atoms with Crippen molar-refractivity contribution in [3.8, 4) is 0 Å². The second-order valence-electron chi connectivity index (χ2n) is 7.16. The van der Waals surface area contributed by atoms with E-state index < -0.39 is 0 Å². The summed E-state index contributed by atoms with van der Waals surface area (Å²) in [6.45, 7) is 3.43. The summed E-state index contributed by atoms with van der Waals surface area (Å²) in [5.74, 6) is 0. The highest BCUT2D eigenvalue weighted by Crippen LogP contribution is 2.39. The van der Waals surface area contributed by atoms with Gasteiger partial charge in [0.25, 0.3) is 0 Å². The van der Waals surface area contributed by atoms with E-state index in [1.807, 2.05) is 12.1 Å². The van der Waals surface area contributed by atoms with Crippen molar-refractivity contribution in [3.05, 3.63) is 34.9 Å². The molecule has 0 amide bonds. The molecule has 2 saturated carbocycles. The predicted molar refractivity (Wildman–Crippen MR) is 89.7 cm³/mol. The van der Waals surface area contributed by atoms with Crippen LogP contribution in [0, 0.1) is 5.41 Å². The maximum Gasteiger partial charge on any atom is 0.0406 e. The number of hydrogen-bond acceptors (Lipinski definition) is 2. The van der Waals surface area contributed by atoms with E-state index in [1.165, 1.54) is 57.2 Å². The molecule has 0 aliphatic heterocycles. The molecule has 21 heavy (non-hydrogen) atoms.